The second kappa shape index (κ2) is 8.30. The van der Waals surface area contributed by atoms with Crippen molar-refractivity contribution in [2.45, 2.75) is 44.4 Å². The summed E-state index contributed by atoms with van der Waals surface area (Å²) in [6, 6.07) is 15.7. The lowest BCUT2D eigenvalue weighted by molar-refractivity contribution is -0.126. The van der Waals surface area contributed by atoms with Gasteiger partial charge in [-0.1, -0.05) is 55.8 Å². The summed E-state index contributed by atoms with van der Waals surface area (Å²) in [5.41, 5.74) is 3.84. The van der Waals surface area contributed by atoms with Gasteiger partial charge >= 0.3 is 0 Å². The van der Waals surface area contributed by atoms with Crippen LogP contribution in [-0.4, -0.2) is 39.0 Å². The van der Waals surface area contributed by atoms with E-state index in [1.54, 1.807) is 0 Å². The van der Waals surface area contributed by atoms with Crippen LogP contribution in [0.4, 0.5) is 5.69 Å². The highest BCUT2D eigenvalue weighted by Gasteiger charge is 2.53. The Kier molecular flexibility index (Phi) is 5.71. The lowest BCUT2D eigenvalue weighted by Gasteiger charge is -2.30. The van der Waals surface area contributed by atoms with Crippen LogP contribution in [0.25, 0.3) is 0 Å². The van der Waals surface area contributed by atoms with E-state index in [0.717, 1.165) is 16.8 Å². The number of amidine groups is 1. The molecule has 2 unspecified atom stereocenters. The van der Waals surface area contributed by atoms with E-state index in [1.165, 1.54) is 28.6 Å². The molecule has 0 saturated heterocycles. The van der Waals surface area contributed by atoms with Gasteiger partial charge in [-0.25, -0.2) is 9.98 Å². The van der Waals surface area contributed by atoms with Crippen LogP contribution in [-0.2, 0) is 16.1 Å². The number of carbonyl (C=O) groups excluding carboxylic acids is 2. The van der Waals surface area contributed by atoms with Crippen molar-refractivity contribution in [2.24, 2.45) is 15.9 Å². The Balaban J connectivity index is 1.54. The van der Waals surface area contributed by atoms with Crippen molar-refractivity contribution in [1.82, 2.24) is 10.2 Å². The van der Waals surface area contributed by atoms with Crippen LogP contribution in [0.1, 0.15) is 37.5 Å². The van der Waals surface area contributed by atoms with Crippen molar-refractivity contribution in [1.29, 1.82) is 0 Å². The summed E-state index contributed by atoms with van der Waals surface area (Å²) >= 11 is 1.30. The highest BCUT2D eigenvalue weighted by atomic mass is 32.2. The molecule has 2 heterocycles. The molecule has 2 amide bonds. The van der Waals surface area contributed by atoms with E-state index >= 15 is 0 Å². The van der Waals surface area contributed by atoms with Gasteiger partial charge in [0.1, 0.15) is 12.2 Å². The van der Waals surface area contributed by atoms with Gasteiger partial charge in [0, 0.05) is 12.1 Å². The maximum atomic E-state index is 13.4. The van der Waals surface area contributed by atoms with Crippen molar-refractivity contribution >= 4 is 41.4 Å². The Morgan fingerprint density at radius 1 is 1.13 bits per heavy atom. The number of benzene rings is 2. The van der Waals surface area contributed by atoms with E-state index in [9.17, 15) is 9.59 Å². The highest BCUT2D eigenvalue weighted by molar-refractivity contribution is 8.02. The molecule has 0 radical (unpaired) electrons. The summed E-state index contributed by atoms with van der Waals surface area (Å²) in [4.78, 5) is 36.0. The molecule has 2 aliphatic rings. The number of hydrogen-bond donors (Lipinski definition) is 1. The van der Waals surface area contributed by atoms with Gasteiger partial charge in [-0.05, 0) is 37.5 Å². The zero-order valence-electron chi connectivity index (χ0n) is 18.1. The lowest BCUT2D eigenvalue weighted by Crippen LogP contribution is -2.46. The number of amides is 2. The highest BCUT2D eigenvalue weighted by Crippen LogP contribution is 2.45. The molecule has 0 saturated carbocycles. The number of carbonyl (C=O) groups is 2. The van der Waals surface area contributed by atoms with E-state index in [4.69, 9.17) is 4.99 Å². The number of thioether (sulfide) groups is 1. The fourth-order valence-electron chi connectivity index (χ4n) is 3.67. The van der Waals surface area contributed by atoms with Crippen molar-refractivity contribution in [3.8, 4) is 0 Å². The largest absolute Gasteiger partial charge is 0.351 e. The quantitative estimate of drug-likeness (QED) is 0.745. The SMILES string of the molecule is Cc1ccc(CNC(=O)C(C)SC2(C(C)C)N=C3c4ccccc4N=CN3C2=O)cc1. The van der Waals surface area contributed by atoms with Gasteiger partial charge in [0.25, 0.3) is 5.91 Å². The van der Waals surface area contributed by atoms with Crippen molar-refractivity contribution in [3.05, 3.63) is 65.2 Å². The maximum absolute atomic E-state index is 13.4. The van der Waals surface area contributed by atoms with Gasteiger partial charge in [0.2, 0.25) is 5.91 Å². The molecule has 2 aromatic rings. The Morgan fingerprint density at radius 3 is 2.55 bits per heavy atom. The normalized spacial score (nSPS) is 20.4. The Hall–Kier alpha value is -2.93. The summed E-state index contributed by atoms with van der Waals surface area (Å²) in [6.45, 7) is 8.24. The van der Waals surface area contributed by atoms with Crippen LogP contribution in [0.3, 0.4) is 0 Å². The van der Waals surface area contributed by atoms with E-state index in [0.29, 0.717) is 12.4 Å². The second-order valence-corrected chi connectivity index (χ2v) is 9.75. The van der Waals surface area contributed by atoms with E-state index in [-0.39, 0.29) is 17.7 Å². The summed E-state index contributed by atoms with van der Waals surface area (Å²) < 4.78 is 0. The molecule has 160 valence electrons. The number of hydrogen-bond acceptors (Lipinski definition) is 5. The molecule has 4 rings (SSSR count). The van der Waals surface area contributed by atoms with Crippen molar-refractivity contribution in [2.75, 3.05) is 0 Å². The number of nitrogens with zero attached hydrogens (tertiary/aromatic N) is 3. The fraction of sp³-hybridized carbons (Fsp3) is 0.333. The van der Waals surface area contributed by atoms with Crippen LogP contribution < -0.4 is 5.32 Å². The average molecular weight is 435 g/mol. The second-order valence-electron chi connectivity index (χ2n) is 8.19. The smallest absolute Gasteiger partial charge is 0.272 e. The molecule has 0 aliphatic carbocycles. The zero-order chi connectivity index (χ0) is 22.2. The molecule has 0 aromatic heterocycles. The molecule has 2 aromatic carbocycles. The minimum atomic E-state index is -1.07. The van der Waals surface area contributed by atoms with Gasteiger partial charge in [-0.2, -0.15) is 0 Å². The Bertz CT molecular complexity index is 1080. The first-order chi connectivity index (χ1) is 14.8. The fourth-order valence-corrected chi connectivity index (χ4v) is 5.01. The van der Waals surface area contributed by atoms with Gasteiger partial charge in [-0.3, -0.25) is 14.5 Å². The number of aliphatic imine (C=N–C) groups is 2. The van der Waals surface area contributed by atoms with E-state index in [2.05, 4.69) is 10.3 Å². The molecule has 2 atom stereocenters. The molecule has 2 aliphatic heterocycles. The van der Waals surface area contributed by atoms with Gasteiger partial charge in [0.05, 0.1) is 10.9 Å². The van der Waals surface area contributed by atoms with Crippen LogP contribution in [0.2, 0.25) is 0 Å². The number of nitrogens with one attached hydrogen (secondary N) is 1. The van der Waals surface area contributed by atoms with Gasteiger partial charge in [0.15, 0.2) is 4.87 Å². The molecule has 1 N–H and O–H groups in total. The van der Waals surface area contributed by atoms with Gasteiger partial charge in [-0.15, -0.1) is 11.8 Å². The first kappa shape index (κ1) is 21.3. The van der Waals surface area contributed by atoms with Crippen LogP contribution in [0, 0.1) is 12.8 Å². The average Bonchev–Trinajstić information content (AvgIpc) is 3.06. The molecule has 7 heteroatoms. The summed E-state index contributed by atoms with van der Waals surface area (Å²) in [5.74, 6) is 0.233. The van der Waals surface area contributed by atoms with Crippen molar-refractivity contribution in [3.63, 3.8) is 0 Å². The number of fused-ring (bicyclic) bond motifs is 3. The Labute approximate surface area is 186 Å². The van der Waals surface area contributed by atoms with Crippen LogP contribution in [0.15, 0.2) is 58.5 Å². The molecule has 0 bridgehead atoms. The minimum Gasteiger partial charge on any atom is -0.351 e. The molecular weight excluding hydrogens is 408 g/mol. The molecular formula is C24H26N4O2S. The monoisotopic (exact) mass is 434 g/mol. The van der Waals surface area contributed by atoms with E-state index in [1.807, 2.05) is 76.2 Å². The zero-order valence-corrected chi connectivity index (χ0v) is 18.9. The summed E-state index contributed by atoms with van der Waals surface area (Å²) in [7, 11) is 0. The van der Waals surface area contributed by atoms with Gasteiger partial charge < -0.3 is 5.32 Å². The third-order valence-corrected chi connectivity index (χ3v) is 7.24. The summed E-state index contributed by atoms with van der Waals surface area (Å²) in [5, 5.41) is 2.53. The summed E-state index contributed by atoms with van der Waals surface area (Å²) in [6.07, 6.45) is 1.54. The third-order valence-electron chi connectivity index (χ3n) is 5.58. The third kappa shape index (κ3) is 3.90. The standard InChI is InChI=1S/C24H26N4O2S/c1-15(2)24(31-17(4)22(29)25-13-18-11-9-16(3)10-12-18)23(30)28-14-26-20-8-6-5-7-19(20)21(28)27-24/h5-12,14-15,17H,13H2,1-4H3,(H,25,29). The van der Waals surface area contributed by atoms with E-state index < -0.39 is 10.1 Å². The Morgan fingerprint density at radius 2 is 1.84 bits per heavy atom. The number of aryl methyl sites for hydroxylation is 1. The van der Waals surface area contributed by atoms with Crippen LogP contribution >= 0.6 is 11.8 Å². The lowest BCUT2D eigenvalue weighted by atomic mass is 10.0. The molecule has 0 spiro atoms. The number of para-hydroxylation sites is 1. The predicted molar refractivity (Wildman–Crippen MR) is 126 cm³/mol. The van der Waals surface area contributed by atoms with Crippen LogP contribution in [0.5, 0.6) is 0 Å². The molecule has 31 heavy (non-hydrogen) atoms. The molecule has 0 fully saturated rings. The first-order valence-corrected chi connectivity index (χ1v) is 11.3. The first-order valence-electron chi connectivity index (χ1n) is 10.4. The minimum absolute atomic E-state index is 0.101. The predicted octanol–water partition coefficient (Wildman–Crippen LogP) is 4.05. The van der Waals surface area contributed by atoms with Crippen molar-refractivity contribution < 1.29 is 9.59 Å². The number of rotatable bonds is 6. The topological polar surface area (TPSA) is 74.1 Å². The molecule has 6 nitrogen and oxygen atoms in total. The maximum Gasteiger partial charge on any atom is 0.272 e.